The standard InChI is InChI=1S/C29H41N3O8/c1-2-3-4-5-6-7-8-9-10-13-18-39-28(37)21-15-12-11-14-20(21)26(36)30-23-16-17-32(29(38)31-23)27-25(35)24(34)22(19-33)40-27/h11-12,14-17,22,24-25,27,33-35H,2-10,13,18-19H2,1H3,(H,30,31,36,38)/t22-,24-,25+,27-/m1/s1. The van der Waals surface area contributed by atoms with Gasteiger partial charge in [0.1, 0.15) is 24.1 Å². The number of anilines is 1. The summed E-state index contributed by atoms with van der Waals surface area (Å²) in [5.74, 6) is -1.33. The number of carbonyl (C=O) groups is 2. The topological polar surface area (TPSA) is 160 Å². The third-order valence-electron chi connectivity index (χ3n) is 6.99. The highest BCUT2D eigenvalue weighted by Gasteiger charge is 2.43. The van der Waals surface area contributed by atoms with Crippen LogP contribution >= 0.6 is 0 Å². The molecular formula is C29H41N3O8. The summed E-state index contributed by atoms with van der Waals surface area (Å²) in [5.41, 5.74) is -0.672. The van der Waals surface area contributed by atoms with Crippen LogP contribution in [-0.2, 0) is 9.47 Å². The normalized spacial score (nSPS) is 20.4. The summed E-state index contributed by atoms with van der Waals surface area (Å²) >= 11 is 0. The lowest BCUT2D eigenvalue weighted by atomic mass is 10.1. The van der Waals surface area contributed by atoms with E-state index in [9.17, 15) is 29.7 Å². The van der Waals surface area contributed by atoms with Crippen molar-refractivity contribution in [1.29, 1.82) is 0 Å². The molecular weight excluding hydrogens is 518 g/mol. The molecule has 0 spiro atoms. The molecule has 0 saturated carbocycles. The molecule has 11 heteroatoms. The maximum Gasteiger partial charge on any atom is 0.351 e. The molecule has 220 valence electrons. The second-order valence-corrected chi connectivity index (χ2v) is 10.0. The summed E-state index contributed by atoms with van der Waals surface area (Å²) in [5, 5.41) is 31.8. The zero-order valence-corrected chi connectivity index (χ0v) is 23.0. The highest BCUT2D eigenvalue weighted by molar-refractivity contribution is 6.10. The smallest absolute Gasteiger partial charge is 0.351 e. The van der Waals surface area contributed by atoms with E-state index in [0.29, 0.717) is 0 Å². The van der Waals surface area contributed by atoms with E-state index in [0.717, 1.165) is 23.8 Å². The predicted octanol–water partition coefficient (Wildman–Crippen LogP) is 3.18. The van der Waals surface area contributed by atoms with E-state index >= 15 is 0 Å². The van der Waals surface area contributed by atoms with Gasteiger partial charge in [0.05, 0.1) is 24.3 Å². The van der Waals surface area contributed by atoms with Crippen LogP contribution in [0, 0.1) is 0 Å². The fourth-order valence-corrected chi connectivity index (χ4v) is 4.66. The Balaban J connectivity index is 1.49. The maximum absolute atomic E-state index is 12.9. The lowest BCUT2D eigenvalue weighted by molar-refractivity contribution is -0.0549. The first-order chi connectivity index (χ1) is 19.4. The Morgan fingerprint density at radius 1 is 0.950 bits per heavy atom. The molecule has 1 aromatic carbocycles. The largest absolute Gasteiger partial charge is 0.462 e. The number of nitrogens with one attached hydrogen (secondary N) is 1. The Hall–Kier alpha value is -3.12. The molecule has 1 saturated heterocycles. The summed E-state index contributed by atoms with van der Waals surface area (Å²) in [7, 11) is 0. The highest BCUT2D eigenvalue weighted by atomic mass is 16.6. The number of aliphatic hydroxyl groups is 3. The van der Waals surface area contributed by atoms with Gasteiger partial charge in [-0.3, -0.25) is 9.36 Å². The summed E-state index contributed by atoms with van der Waals surface area (Å²) in [6, 6.07) is 7.55. The number of esters is 1. The third-order valence-corrected chi connectivity index (χ3v) is 6.99. The van der Waals surface area contributed by atoms with Gasteiger partial charge in [-0.05, 0) is 24.6 Å². The van der Waals surface area contributed by atoms with E-state index < -0.39 is 48.7 Å². The van der Waals surface area contributed by atoms with Crippen LogP contribution in [0.2, 0.25) is 0 Å². The fourth-order valence-electron chi connectivity index (χ4n) is 4.66. The lowest BCUT2D eigenvalue weighted by Crippen LogP contribution is -2.36. The van der Waals surface area contributed by atoms with Gasteiger partial charge in [0.25, 0.3) is 5.91 Å². The van der Waals surface area contributed by atoms with Gasteiger partial charge in [-0.15, -0.1) is 0 Å². The molecule has 3 rings (SSSR count). The van der Waals surface area contributed by atoms with Gasteiger partial charge in [0.2, 0.25) is 0 Å². The molecule has 2 aromatic rings. The van der Waals surface area contributed by atoms with Crippen molar-refractivity contribution in [3.63, 3.8) is 0 Å². The van der Waals surface area contributed by atoms with E-state index in [1.54, 1.807) is 12.1 Å². The van der Waals surface area contributed by atoms with E-state index in [-0.39, 0.29) is 23.6 Å². The van der Waals surface area contributed by atoms with E-state index in [2.05, 4.69) is 17.2 Å². The summed E-state index contributed by atoms with van der Waals surface area (Å²) in [6.07, 6.45) is 7.83. The zero-order valence-electron chi connectivity index (χ0n) is 23.0. The molecule has 11 nitrogen and oxygen atoms in total. The molecule has 1 aromatic heterocycles. The number of hydrogen-bond donors (Lipinski definition) is 4. The van der Waals surface area contributed by atoms with Gasteiger partial charge in [-0.2, -0.15) is 4.98 Å². The first kappa shape index (κ1) is 31.4. The third kappa shape index (κ3) is 8.69. The first-order valence-corrected chi connectivity index (χ1v) is 14.2. The Labute approximate surface area is 234 Å². The van der Waals surface area contributed by atoms with Crippen LogP contribution in [0.3, 0.4) is 0 Å². The van der Waals surface area contributed by atoms with E-state index in [1.807, 2.05) is 0 Å². The van der Waals surface area contributed by atoms with Crippen LogP contribution in [0.1, 0.15) is 98.1 Å². The minimum Gasteiger partial charge on any atom is -0.462 e. The Kier molecular flexibility index (Phi) is 12.7. The minimum absolute atomic E-state index is 0.0741. The van der Waals surface area contributed by atoms with E-state index in [1.165, 1.54) is 69.3 Å². The van der Waals surface area contributed by atoms with Gasteiger partial charge in [-0.1, -0.05) is 76.8 Å². The molecule has 40 heavy (non-hydrogen) atoms. The first-order valence-electron chi connectivity index (χ1n) is 14.2. The summed E-state index contributed by atoms with van der Waals surface area (Å²) < 4.78 is 11.7. The number of aliphatic hydroxyl groups excluding tert-OH is 3. The number of aromatic nitrogens is 2. The molecule has 4 atom stereocenters. The number of ether oxygens (including phenoxy) is 2. The number of unbranched alkanes of at least 4 members (excludes halogenated alkanes) is 9. The average Bonchev–Trinajstić information content (AvgIpc) is 3.24. The predicted molar refractivity (Wildman–Crippen MR) is 148 cm³/mol. The van der Waals surface area contributed by atoms with Crippen LogP contribution in [0.4, 0.5) is 5.82 Å². The number of benzene rings is 1. The molecule has 1 aliphatic heterocycles. The molecule has 1 fully saturated rings. The van der Waals surface area contributed by atoms with Gasteiger partial charge in [0.15, 0.2) is 6.23 Å². The SMILES string of the molecule is CCCCCCCCCCCCOC(=O)c1ccccc1C(=O)Nc1ccn([C@@H]2O[C@H](CO)[C@@H](O)[C@@H]2O)c(=O)n1. The molecule has 0 aliphatic carbocycles. The minimum atomic E-state index is -1.45. The molecule has 4 N–H and O–H groups in total. The van der Waals surface area contributed by atoms with Crippen molar-refractivity contribution in [2.45, 2.75) is 95.7 Å². The van der Waals surface area contributed by atoms with Crippen LogP contribution in [0.25, 0.3) is 0 Å². The number of carbonyl (C=O) groups excluding carboxylic acids is 2. The number of nitrogens with zero attached hydrogens (tertiary/aromatic N) is 2. The van der Waals surface area contributed by atoms with Crippen LogP contribution in [0.15, 0.2) is 41.3 Å². The Morgan fingerprint density at radius 3 is 2.17 bits per heavy atom. The summed E-state index contributed by atoms with van der Waals surface area (Å²) in [4.78, 5) is 42.0. The summed E-state index contributed by atoms with van der Waals surface area (Å²) in [6.45, 7) is 1.95. The Morgan fingerprint density at radius 2 is 1.57 bits per heavy atom. The van der Waals surface area contributed by atoms with E-state index in [4.69, 9.17) is 9.47 Å². The van der Waals surface area contributed by atoms with Gasteiger partial charge in [-0.25, -0.2) is 9.59 Å². The van der Waals surface area contributed by atoms with Crippen LogP contribution in [-0.4, -0.2) is 68.3 Å². The van der Waals surface area contributed by atoms with Gasteiger partial charge < -0.3 is 30.1 Å². The molecule has 0 bridgehead atoms. The van der Waals surface area contributed by atoms with Crippen molar-refractivity contribution < 1.29 is 34.4 Å². The number of rotatable bonds is 16. The zero-order chi connectivity index (χ0) is 28.9. The second-order valence-electron chi connectivity index (χ2n) is 10.0. The van der Waals surface area contributed by atoms with Crippen LogP contribution in [0.5, 0.6) is 0 Å². The molecule has 1 amide bonds. The lowest BCUT2D eigenvalue weighted by Gasteiger charge is -2.17. The molecule has 2 heterocycles. The van der Waals surface area contributed by atoms with Crippen LogP contribution < -0.4 is 11.0 Å². The number of amides is 1. The maximum atomic E-state index is 12.9. The van der Waals surface area contributed by atoms with Crippen molar-refractivity contribution in [3.8, 4) is 0 Å². The number of hydrogen-bond acceptors (Lipinski definition) is 9. The van der Waals surface area contributed by atoms with Gasteiger partial charge >= 0.3 is 11.7 Å². The second kappa shape index (κ2) is 16.2. The Bertz CT molecular complexity index is 1150. The monoisotopic (exact) mass is 559 g/mol. The molecule has 1 aliphatic rings. The molecule has 0 unspecified atom stereocenters. The van der Waals surface area contributed by atoms with Gasteiger partial charge in [0, 0.05) is 6.20 Å². The molecule has 0 radical (unpaired) electrons. The van der Waals surface area contributed by atoms with Crippen molar-refractivity contribution >= 4 is 17.7 Å². The highest BCUT2D eigenvalue weighted by Crippen LogP contribution is 2.28. The quantitative estimate of drug-likeness (QED) is 0.179. The van der Waals surface area contributed by atoms with Crippen molar-refractivity contribution in [2.75, 3.05) is 18.5 Å². The van der Waals surface area contributed by atoms with Crippen molar-refractivity contribution in [2.24, 2.45) is 0 Å². The average molecular weight is 560 g/mol. The van der Waals surface area contributed by atoms with Crippen molar-refractivity contribution in [3.05, 3.63) is 58.1 Å². The fraction of sp³-hybridized carbons (Fsp3) is 0.586. The van der Waals surface area contributed by atoms with Crippen molar-refractivity contribution in [1.82, 2.24) is 9.55 Å².